The minimum Gasteiger partial charge on any atom is -0.340 e. The fraction of sp³-hybridized carbons (Fsp3) is 0.643. The van der Waals surface area contributed by atoms with Crippen molar-refractivity contribution in [3.05, 3.63) is 33.1 Å². The lowest BCUT2D eigenvalue weighted by Gasteiger charge is -2.24. The van der Waals surface area contributed by atoms with E-state index >= 15 is 0 Å². The van der Waals surface area contributed by atoms with Gasteiger partial charge >= 0.3 is 5.69 Å². The van der Waals surface area contributed by atoms with Gasteiger partial charge in [-0.1, -0.05) is 0 Å². The molecule has 3 heterocycles. The van der Waals surface area contributed by atoms with Gasteiger partial charge in [-0.05, 0) is 19.3 Å². The van der Waals surface area contributed by atoms with E-state index in [0.29, 0.717) is 18.6 Å². The summed E-state index contributed by atoms with van der Waals surface area (Å²) >= 11 is 0. The fourth-order valence-electron chi connectivity index (χ4n) is 3.15. The Labute approximate surface area is 134 Å². The number of hydrogen-bond donors (Lipinski definition) is 1. The summed E-state index contributed by atoms with van der Waals surface area (Å²) in [6.07, 6.45) is 4.65. The molecule has 2 unspecified atom stereocenters. The van der Waals surface area contributed by atoms with Gasteiger partial charge in [0.15, 0.2) is 0 Å². The van der Waals surface area contributed by atoms with E-state index in [1.807, 2.05) is 4.90 Å². The van der Waals surface area contributed by atoms with Crippen LogP contribution in [0.2, 0.25) is 0 Å². The number of nitrogens with one attached hydrogen (secondary N) is 1. The van der Waals surface area contributed by atoms with Gasteiger partial charge in [-0.2, -0.15) is 0 Å². The first-order valence-corrected chi connectivity index (χ1v) is 7.35. The van der Waals surface area contributed by atoms with Crippen molar-refractivity contribution in [3.63, 3.8) is 0 Å². The normalized spacial score (nSPS) is 23.8. The summed E-state index contributed by atoms with van der Waals surface area (Å²) in [7, 11) is 1.42. The summed E-state index contributed by atoms with van der Waals surface area (Å²) in [6.45, 7) is 1.42. The molecule has 8 heteroatoms. The zero-order valence-electron chi connectivity index (χ0n) is 12.5. The lowest BCUT2D eigenvalue weighted by Crippen LogP contribution is -2.44. The lowest BCUT2D eigenvalue weighted by atomic mass is 10.1. The summed E-state index contributed by atoms with van der Waals surface area (Å²) < 4.78 is 2.31. The van der Waals surface area contributed by atoms with E-state index in [2.05, 4.69) is 5.32 Å². The molecule has 3 rings (SSSR count). The van der Waals surface area contributed by atoms with Crippen molar-refractivity contribution in [2.45, 2.75) is 37.9 Å². The third-order valence-electron chi connectivity index (χ3n) is 4.44. The number of amides is 1. The number of nitrogens with zero attached hydrogens (tertiary/aromatic N) is 3. The molecule has 0 radical (unpaired) electrons. The van der Waals surface area contributed by atoms with Gasteiger partial charge in [0.1, 0.15) is 6.54 Å². The number of aromatic nitrogens is 2. The highest BCUT2D eigenvalue weighted by Crippen LogP contribution is 2.20. The van der Waals surface area contributed by atoms with E-state index in [1.165, 1.54) is 30.3 Å². The quantitative estimate of drug-likeness (QED) is 0.780. The maximum Gasteiger partial charge on any atom is 0.331 e. The van der Waals surface area contributed by atoms with Crippen LogP contribution in [0.4, 0.5) is 0 Å². The molecular formula is C14H21ClN4O3. The standard InChI is InChI=1S/C14H20N4O3.ClH/c1-16-12(19)5-7-18(14(16)21)9-13(20)17-6-4-10-2-3-11(8-17)15-10;/h5,7,10-11,15H,2-4,6,8-9H2,1H3;1H. The second-order valence-electron chi connectivity index (χ2n) is 5.89. The highest BCUT2D eigenvalue weighted by Gasteiger charge is 2.31. The lowest BCUT2D eigenvalue weighted by molar-refractivity contribution is -0.132. The monoisotopic (exact) mass is 328 g/mol. The third-order valence-corrected chi connectivity index (χ3v) is 4.44. The van der Waals surface area contributed by atoms with Crippen molar-refractivity contribution in [2.75, 3.05) is 13.1 Å². The molecule has 1 N–H and O–H groups in total. The molecule has 2 fully saturated rings. The molecule has 1 aromatic rings. The predicted molar refractivity (Wildman–Crippen MR) is 84.3 cm³/mol. The summed E-state index contributed by atoms with van der Waals surface area (Å²) in [5.41, 5.74) is -0.815. The van der Waals surface area contributed by atoms with Crippen LogP contribution >= 0.6 is 12.4 Å². The Morgan fingerprint density at radius 1 is 1.27 bits per heavy atom. The first-order chi connectivity index (χ1) is 10.0. The van der Waals surface area contributed by atoms with E-state index in [9.17, 15) is 14.4 Å². The number of likely N-dealkylation sites (tertiary alicyclic amines) is 1. The number of carbonyl (C=O) groups is 1. The van der Waals surface area contributed by atoms with Gasteiger partial charge in [0.25, 0.3) is 5.56 Å². The topological polar surface area (TPSA) is 76.3 Å². The van der Waals surface area contributed by atoms with Crippen molar-refractivity contribution in [1.82, 2.24) is 19.4 Å². The van der Waals surface area contributed by atoms with Crippen molar-refractivity contribution in [1.29, 1.82) is 0 Å². The maximum absolute atomic E-state index is 12.4. The average Bonchev–Trinajstić information content (AvgIpc) is 2.78. The first kappa shape index (κ1) is 16.8. The Hall–Kier alpha value is -1.60. The average molecular weight is 329 g/mol. The van der Waals surface area contributed by atoms with E-state index in [0.717, 1.165) is 24.0 Å². The molecule has 22 heavy (non-hydrogen) atoms. The molecule has 2 aliphatic heterocycles. The summed E-state index contributed by atoms with van der Waals surface area (Å²) in [4.78, 5) is 37.5. The SMILES string of the molecule is Cl.Cn1c(=O)ccn(CC(=O)N2CCC3CCC(C2)N3)c1=O. The largest absolute Gasteiger partial charge is 0.340 e. The number of halogens is 1. The molecule has 2 bridgehead atoms. The Kier molecular flexibility index (Phi) is 5.08. The van der Waals surface area contributed by atoms with Gasteiger partial charge in [0.05, 0.1) is 0 Å². The Balaban J connectivity index is 0.00000176. The summed E-state index contributed by atoms with van der Waals surface area (Å²) in [5, 5.41) is 3.52. The number of fused-ring (bicyclic) bond motifs is 2. The Morgan fingerprint density at radius 3 is 2.77 bits per heavy atom. The molecule has 2 atom stereocenters. The van der Waals surface area contributed by atoms with Crippen LogP contribution < -0.4 is 16.6 Å². The second kappa shape index (κ2) is 6.66. The van der Waals surface area contributed by atoms with Gasteiger partial charge in [-0.15, -0.1) is 12.4 Å². The van der Waals surface area contributed by atoms with Gasteiger partial charge < -0.3 is 10.2 Å². The van der Waals surface area contributed by atoms with Crippen LogP contribution in [-0.2, 0) is 18.4 Å². The molecule has 0 saturated carbocycles. The molecule has 2 saturated heterocycles. The van der Waals surface area contributed by atoms with E-state index < -0.39 is 5.69 Å². The molecule has 1 aromatic heterocycles. The molecule has 122 valence electrons. The second-order valence-corrected chi connectivity index (χ2v) is 5.89. The van der Waals surface area contributed by atoms with E-state index in [1.54, 1.807) is 0 Å². The number of hydrogen-bond acceptors (Lipinski definition) is 4. The molecular weight excluding hydrogens is 308 g/mol. The zero-order chi connectivity index (χ0) is 15.0. The fourth-order valence-corrected chi connectivity index (χ4v) is 3.15. The molecule has 0 spiro atoms. The smallest absolute Gasteiger partial charge is 0.331 e. The van der Waals surface area contributed by atoms with Crippen LogP contribution in [0, 0.1) is 0 Å². The predicted octanol–water partition coefficient (Wildman–Crippen LogP) is -0.678. The molecule has 0 aromatic carbocycles. The molecule has 2 aliphatic rings. The number of carbonyl (C=O) groups excluding carboxylic acids is 1. The Bertz CT molecular complexity index is 669. The van der Waals surface area contributed by atoms with E-state index in [4.69, 9.17) is 0 Å². The van der Waals surface area contributed by atoms with Crippen LogP contribution in [0.5, 0.6) is 0 Å². The number of rotatable bonds is 2. The van der Waals surface area contributed by atoms with Crippen LogP contribution in [0.15, 0.2) is 21.9 Å². The molecule has 7 nitrogen and oxygen atoms in total. The van der Waals surface area contributed by atoms with Crippen LogP contribution in [-0.4, -0.2) is 45.1 Å². The first-order valence-electron chi connectivity index (χ1n) is 7.35. The van der Waals surface area contributed by atoms with Gasteiger partial charge in [-0.25, -0.2) is 4.79 Å². The van der Waals surface area contributed by atoms with Gasteiger partial charge in [0, 0.05) is 44.5 Å². The van der Waals surface area contributed by atoms with Crippen molar-refractivity contribution in [2.24, 2.45) is 7.05 Å². The van der Waals surface area contributed by atoms with Gasteiger partial charge in [-0.3, -0.25) is 18.7 Å². The third kappa shape index (κ3) is 3.25. The van der Waals surface area contributed by atoms with Gasteiger partial charge in [0.2, 0.25) is 5.91 Å². The summed E-state index contributed by atoms with van der Waals surface area (Å²) in [6, 6.07) is 2.20. The van der Waals surface area contributed by atoms with Crippen molar-refractivity contribution < 1.29 is 4.79 Å². The molecule has 1 amide bonds. The summed E-state index contributed by atoms with van der Waals surface area (Å²) in [5.74, 6) is -0.0647. The van der Waals surface area contributed by atoms with Crippen LogP contribution in [0.1, 0.15) is 19.3 Å². The molecule has 0 aliphatic carbocycles. The zero-order valence-corrected chi connectivity index (χ0v) is 13.3. The van der Waals surface area contributed by atoms with Crippen LogP contribution in [0.25, 0.3) is 0 Å². The maximum atomic E-state index is 12.4. The highest BCUT2D eigenvalue weighted by atomic mass is 35.5. The van der Waals surface area contributed by atoms with E-state index in [-0.39, 0.29) is 30.4 Å². The minimum absolute atomic E-state index is 0. The van der Waals surface area contributed by atoms with Crippen molar-refractivity contribution in [3.8, 4) is 0 Å². The Morgan fingerprint density at radius 2 is 2.00 bits per heavy atom. The highest BCUT2D eigenvalue weighted by molar-refractivity contribution is 5.85. The van der Waals surface area contributed by atoms with Crippen molar-refractivity contribution >= 4 is 18.3 Å². The van der Waals surface area contributed by atoms with Crippen LogP contribution in [0.3, 0.4) is 0 Å². The minimum atomic E-state index is -0.453.